The molecule has 3 nitrogen and oxygen atoms in total. The summed E-state index contributed by atoms with van der Waals surface area (Å²) < 4.78 is 2.06. The fraction of sp³-hybridized carbons (Fsp3) is 0.727. The zero-order valence-electron chi connectivity index (χ0n) is 9.49. The van der Waals surface area contributed by atoms with Gasteiger partial charge in [0.1, 0.15) is 11.6 Å². The Hall–Kier alpha value is -0.640. The number of imidazole rings is 1. The summed E-state index contributed by atoms with van der Waals surface area (Å²) in [5.41, 5.74) is 7.25. The zero-order valence-corrected chi connectivity index (χ0v) is 10.3. The van der Waals surface area contributed by atoms with Gasteiger partial charge in [-0.25, -0.2) is 4.98 Å². The molecule has 1 unspecified atom stereocenters. The summed E-state index contributed by atoms with van der Waals surface area (Å²) in [4.78, 5) is 4.71. The van der Waals surface area contributed by atoms with Crippen LogP contribution in [0, 0.1) is 0 Å². The minimum atomic E-state index is 0.590. The third kappa shape index (κ3) is 2.00. The van der Waals surface area contributed by atoms with E-state index in [4.69, 9.17) is 10.7 Å². The van der Waals surface area contributed by atoms with Crippen LogP contribution in [-0.2, 0) is 13.5 Å². The van der Waals surface area contributed by atoms with E-state index in [-0.39, 0.29) is 0 Å². The van der Waals surface area contributed by atoms with Crippen molar-refractivity contribution < 1.29 is 0 Å². The van der Waals surface area contributed by atoms with Crippen molar-refractivity contribution in [2.75, 3.05) is 17.2 Å². The molecule has 0 radical (unpaired) electrons. The molecule has 2 heterocycles. The minimum Gasteiger partial charge on any atom is -0.384 e. The van der Waals surface area contributed by atoms with Gasteiger partial charge < -0.3 is 10.3 Å². The molecular formula is C11H19N3S. The normalized spacial score (nSPS) is 21.1. The van der Waals surface area contributed by atoms with E-state index >= 15 is 0 Å². The maximum Gasteiger partial charge on any atom is 0.126 e. The predicted molar refractivity (Wildman–Crippen MR) is 66.3 cm³/mol. The number of nitrogens with two attached hydrogens (primary N) is 1. The predicted octanol–water partition coefficient (Wildman–Crippen LogP) is 2.18. The second-order valence-electron chi connectivity index (χ2n) is 4.17. The van der Waals surface area contributed by atoms with Gasteiger partial charge >= 0.3 is 0 Å². The minimum absolute atomic E-state index is 0.590. The lowest BCUT2D eigenvalue weighted by molar-refractivity contribution is 0.744. The molecule has 0 spiro atoms. The molecule has 2 N–H and O–H groups in total. The molecule has 1 aliphatic rings. The second-order valence-corrected chi connectivity index (χ2v) is 5.32. The van der Waals surface area contributed by atoms with Gasteiger partial charge in [-0.3, -0.25) is 0 Å². The van der Waals surface area contributed by atoms with E-state index in [0.29, 0.717) is 5.92 Å². The van der Waals surface area contributed by atoms with Gasteiger partial charge in [0.2, 0.25) is 0 Å². The number of hydrogen-bond acceptors (Lipinski definition) is 3. The van der Waals surface area contributed by atoms with Crippen molar-refractivity contribution in [3.63, 3.8) is 0 Å². The van der Waals surface area contributed by atoms with Crippen LogP contribution in [0.25, 0.3) is 0 Å². The fourth-order valence-electron chi connectivity index (χ4n) is 2.08. The van der Waals surface area contributed by atoms with Crippen molar-refractivity contribution in [3.8, 4) is 0 Å². The van der Waals surface area contributed by atoms with Crippen LogP contribution >= 0.6 is 11.8 Å². The average molecular weight is 225 g/mol. The number of rotatable bonds is 3. The van der Waals surface area contributed by atoms with E-state index < -0.39 is 0 Å². The van der Waals surface area contributed by atoms with Gasteiger partial charge in [-0.05, 0) is 18.6 Å². The first-order valence-corrected chi connectivity index (χ1v) is 6.78. The van der Waals surface area contributed by atoms with Crippen LogP contribution in [-0.4, -0.2) is 21.1 Å². The molecule has 0 aliphatic carbocycles. The lowest BCUT2D eigenvalue weighted by atomic mass is 10.1. The number of hydrogen-bond donors (Lipinski definition) is 1. The molecule has 84 valence electrons. The van der Waals surface area contributed by atoms with Crippen molar-refractivity contribution in [1.29, 1.82) is 0 Å². The summed E-state index contributed by atoms with van der Waals surface area (Å²) in [6, 6.07) is 0. The number of aryl methyl sites for hydroxylation is 1. The van der Waals surface area contributed by atoms with Crippen LogP contribution in [0.5, 0.6) is 0 Å². The molecule has 0 bridgehead atoms. The van der Waals surface area contributed by atoms with Gasteiger partial charge in [0.25, 0.3) is 0 Å². The quantitative estimate of drug-likeness (QED) is 0.857. The second kappa shape index (κ2) is 4.47. The van der Waals surface area contributed by atoms with Crippen molar-refractivity contribution in [3.05, 3.63) is 11.5 Å². The standard InChI is InChI=1S/C11H19N3S/c1-3-4-9-13-10(11(12)14(9)2)8-5-6-15-7-8/h8H,3-7,12H2,1-2H3. The number of nitrogen functional groups attached to an aromatic ring is 1. The molecule has 1 saturated heterocycles. The molecule has 0 saturated carbocycles. The van der Waals surface area contributed by atoms with Gasteiger partial charge in [-0.1, -0.05) is 6.92 Å². The Bertz CT molecular complexity index is 340. The molecule has 1 atom stereocenters. The van der Waals surface area contributed by atoms with Crippen molar-refractivity contribution in [1.82, 2.24) is 9.55 Å². The van der Waals surface area contributed by atoms with Crippen LogP contribution in [0.2, 0.25) is 0 Å². The summed E-state index contributed by atoms with van der Waals surface area (Å²) in [5.74, 6) is 5.05. The Morgan fingerprint density at radius 3 is 3.00 bits per heavy atom. The Labute approximate surface area is 95.4 Å². The lowest BCUT2D eigenvalue weighted by Crippen LogP contribution is -2.04. The third-order valence-corrected chi connectivity index (χ3v) is 4.21. The summed E-state index contributed by atoms with van der Waals surface area (Å²) in [6.45, 7) is 2.18. The van der Waals surface area contributed by atoms with E-state index in [2.05, 4.69) is 11.5 Å². The molecule has 1 aliphatic heterocycles. The van der Waals surface area contributed by atoms with Gasteiger partial charge in [0.05, 0.1) is 5.69 Å². The lowest BCUT2D eigenvalue weighted by Gasteiger charge is -2.05. The first-order valence-electron chi connectivity index (χ1n) is 5.62. The Balaban J connectivity index is 2.27. The topological polar surface area (TPSA) is 43.8 Å². The number of aromatic nitrogens is 2. The maximum atomic E-state index is 6.10. The summed E-state index contributed by atoms with van der Waals surface area (Å²) >= 11 is 2.01. The number of anilines is 1. The molecule has 1 aromatic heterocycles. The Morgan fingerprint density at radius 2 is 2.40 bits per heavy atom. The van der Waals surface area contributed by atoms with Gasteiger partial charge in [-0.2, -0.15) is 11.8 Å². The van der Waals surface area contributed by atoms with E-state index in [0.717, 1.165) is 30.2 Å². The highest BCUT2D eigenvalue weighted by Gasteiger charge is 2.24. The van der Waals surface area contributed by atoms with E-state index in [1.165, 1.54) is 17.9 Å². The Morgan fingerprint density at radius 1 is 1.60 bits per heavy atom. The van der Waals surface area contributed by atoms with Crippen molar-refractivity contribution in [2.24, 2.45) is 7.05 Å². The maximum absolute atomic E-state index is 6.10. The molecule has 4 heteroatoms. The van der Waals surface area contributed by atoms with Crippen LogP contribution in [0.3, 0.4) is 0 Å². The first-order chi connectivity index (χ1) is 7.24. The van der Waals surface area contributed by atoms with Crippen LogP contribution in [0.1, 0.15) is 37.2 Å². The van der Waals surface area contributed by atoms with Crippen molar-refractivity contribution >= 4 is 17.6 Å². The SMILES string of the molecule is CCCc1nc(C2CCSC2)c(N)n1C. The van der Waals surface area contributed by atoms with Crippen molar-refractivity contribution in [2.45, 2.75) is 32.1 Å². The summed E-state index contributed by atoms with van der Waals surface area (Å²) in [6.07, 6.45) is 3.39. The number of thioether (sulfide) groups is 1. The molecule has 1 fully saturated rings. The average Bonchev–Trinajstić information content (AvgIpc) is 2.82. The molecular weight excluding hydrogens is 206 g/mol. The smallest absolute Gasteiger partial charge is 0.126 e. The highest BCUT2D eigenvalue weighted by atomic mass is 32.2. The highest BCUT2D eigenvalue weighted by molar-refractivity contribution is 7.99. The third-order valence-electron chi connectivity index (χ3n) is 3.05. The molecule has 1 aromatic rings. The van der Waals surface area contributed by atoms with Gasteiger partial charge in [0, 0.05) is 25.1 Å². The van der Waals surface area contributed by atoms with Crippen LogP contribution in [0.15, 0.2) is 0 Å². The monoisotopic (exact) mass is 225 g/mol. The molecule has 2 rings (SSSR count). The van der Waals surface area contributed by atoms with E-state index in [1.54, 1.807) is 0 Å². The molecule has 15 heavy (non-hydrogen) atoms. The molecule has 0 amide bonds. The molecule has 0 aromatic carbocycles. The zero-order chi connectivity index (χ0) is 10.8. The van der Waals surface area contributed by atoms with Crippen LogP contribution < -0.4 is 5.73 Å². The largest absolute Gasteiger partial charge is 0.384 e. The Kier molecular flexibility index (Phi) is 3.24. The fourth-order valence-corrected chi connectivity index (χ4v) is 3.31. The number of nitrogens with zero attached hydrogens (tertiary/aromatic N) is 2. The van der Waals surface area contributed by atoms with E-state index in [1.807, 2.05) is 18.8 Å². The first kappa shape index (κ1) is 10.9. The van der Waals surface area contributed by atoms with Gasteiger partial charge in [0.15, 0.2) is 0 Å². The summed E-state index contributed by atoms with van der Waals surface area (Å²) in [7, 11) is 2.03. The summed E-state index contributed by atoms with van der Waals surface area (Å²) in [5, 5.41) is 0. The highest BCUT2D eigenvalue weighted by Crippen LogP contribution is 2.34. The van der Waals surface area contributed by atoms with Crippen LogP contribution in [0.4, 0.5) is 5.82 Å². The van der Waals surface area contributed by atoms with Gasteiger partial charge in [-0.15, -0.1) is 0 Å². The van der Waals surface area contributed by atoms with E-state index in [9.17, 15) is 0 Å².